The number of terminal acetylenes is 1. The van der Waals surface area contributed by atoms with Crippen molar-refractivity contribution in [3.05, 3.63) is 72.7 Å². The van der Waals surface area contributed by atoms with E-state index in [9.17, 15) is 5.11 Å². The van der Waals surface area contributed by atoms with Crippen LogP contribution in [-0.2, 0) is 6.42 Å². The van der Waals surface area contributed by atoms with E-state index in [-0.39, 0.29) is 12.6 Å². The molecule has 2 aromatic heterocycles. The van der Waals surface area contributed by atoms with Crippen molar-refractivity contribution in [1.82, 2.24) is 19.9 Å². The number of fused-ring (bicyclic) bond motifs is 1. The van der Waals surface area contributed by atoms with Gasteiger partial charge in [0.2, 0.25) is 0 Å². The number of hydrogen-bond acceptors (Lipinski definition) is 5. The molecule has 0 saturated carbocycles. The van der Waals surface area contributed by atoms with Crippen molar-refractivity contribution in [2.45, 2.75) is 12.5 Å². The standard InChI is InChI=1S/C26H25N5O/c1-2-23-16-27-11-12-30(23)24-8-6-20(7-9-24)22-15-28-26-25(17-29-31(26)18-22)21-5-3-4-19(14-21)10-13-32/h1,3-9,14-15,17-18,23,27,32H,10-13,16H2/t23-/m1/s1. The Morgan fingerprint density at radius 3 is 2.78 bits per heavy atom. The minimum atomic E-state index is 0.0750. The summed E-state index contributed by atoms with van der Waals surface area (Å²) in [5.41, 5.74) is 7.15. The van der Waals surface area contributed by atoms with Crippen molar-refractivity contribution in [2.24, 2.45) is 0 Å². The van der Waals surface area contributed by atoms with Gasteiger partial charge in [-0.2, -0.15) is 5.10 Å². The lowest BCUT2D eigenvalue weighted by molar-refractivity contribution is 0.299. The molecule has 1 aliphatic rings. The summed E-state index contributed by atoms with van der Waals surface area (Å²) in [4.78, 5) is 6.98. The van der Waals surface area contributed by atoms with Gasteiger partial charge in [-0.25, -0.2) is 9.50 Å². The first-order valence-electron chi connectivity index (χ1n) is 10.8. The lowest BCUT2D eigenvalue weighted by atomic mass is 10.0. The summed E-state index contributed by atoms with van der Waals surface area (Å²) in [6, 6.07) is 16.7. The number of benzene rings is 2. The Morgan fingerprint density at radius 2 is 1.97 bits per heavy atom. The van der Waals surface area contributed by atoms with E-state index in [1.807, 2.05) is 41.3 Å². The van der Waals surface area contributed by atoms with Crippen LogP contribution in [0.3, 0.4) is 0 Å². The molecule has 1 aliphatic heterocycles. The molecule has 6 heteroatoms. The lowest BCUT2D eigenvalue weighted by Crippen LogP contribution is -2.50. The molecule has 1 saturated heterocycles. The van der Waals surface area contributed by atoms with Crippen LogP contribution in [0.2, 0.25) is 0 Å². The maximum atomic E-state index is 9.23. The summed E-state index contributed by atoms with van der Waals surface area (Å²) in [6.45, 7) is 2.78. The van der Waals surface area contributed by atoms with Gasteiger partial charge in [0.25, 0.3) is 0 Å². The second-order valence-corrected chi connectivity index (χ2v) is 7.97. The van der Waals surface area contributed by atoms with E-state index < -0.39 is 0 Å². The van der Waals surface area contributed by atoms with E-state index >= 15 is 0 Å². The van der Waals surface area contributed by atoms with E-state index in [0.717, 1.165) is 58.8 Å². The van der Waals surface area contributed by atoms with Crippen LogP contribution in [0.25, 0.3) is 27.9 Å². The molecule has 0 aliphatic carbocycles. The predicted octanol–water partition coefficient (Wildman–Crippen LogP) is 3.01. The van der Waals surface area contributed by atoms with Gasteiger partial charge in [-0.15, -0.1) is 6.42 Å². The lowest BCUT2D eigenvalue weighted by Gasteiger charge is -2.35. The molecule has 0 radical (unpaired) electrons. The maximum Gasteiger partial charge on any atom is 0.162 e. The third kappa shape index (κ3) is 3.84. The smallest absolute Gasteiger partial charge is 0.162 e. The Labute approximate surface area is 187 Å². The van der Waals surface area contributed by atoms with E-state index in [2.05, 4.69) is 51.6 Å². The quantitative estimate of drug-likeness (QED) is 0.483. The second-order valence-electron chi connectivity index (χ2n) is 7.97. The highest BCUT2D eigenvalue weighted by Crippen LogP contribution is 2.28. The molecular formula is C26H25N5O. The van der Waals surface area contributed by atoms with Crippen molar-refractivity contribution < 1.29 is 5.11 Å². The summed E-state index contributed by atoms with van der Waals surface area (Å²) in [7, 11) is 0. The Kier molecular flexibility index (Phi) is 5.59. The van der Waals surface area contributed by atoms with Crippen LogP contribution in [0.15, 0.2) is 67.1 Å². The average Bonchev–Trinajstić information content (AvgIpc) is 3.28. The molecule has 0 spiro atoms. The fourth-order valence-electron chi connectivity index (χ4n) is 4.26. The third-order valence-electron chi connectivity index (χ3n) is 5.96. The van der Waals surface area contributed by atoms with Gasteiger partial charge in [-0.1, -0.05) is 42.3 Å². The molecule has 6 nitrogen and oxygen atoms in total. The van der Waals surface area contributed by atoms with Crippen LogP contribution in [-0.4, -0.2) is 52.0 Å². The molecule has 3 heterocycles. The number of nitrogens with one attached hydrogen (secondary N) is 1. The number of aliphatic hydroxyl groups is 1. The molecule has 0 bridgehead atoms. The van der Waals surface area contributed by atoms with Gasteiger partial charge in [0.15, 0.2) is 5.65 Å². The number of nitrogens with zero attached hydrogens (tertiary/aromatic N) is 4. The molecule has 0 unspecified atom stereocenters. The molecule has 1 atom stereocenters. The van der Waals surface area contributed by atoms with Crippen LogP contribution >= 0.6 is 0 Å². The molecule has 2 aromatic carbocycles. The fourth-order valence-corrected chi connectivity index (χ4v) is 4.26. The topological polar surface area (TPSA) is 65.7 Å². The SMILES string of the molecule is C#C[C@@H]1CNCCN1c1ccc(-c2cnc3c(-c4cccc(CCO)c4)cnn3c2)cc1. The minimum Gasteiger partial charge on any atom is -0.396 e. The summed E-state index contributed by atoms with van der Waals surface area (Å²) in [5, 5.41) is 17.1. The number of rotatable bonds is 5. The first-order valence-corrected chi connectivity index (χ1v) is 10.8. The zero-order valence-electron chi connectivity index (χ0n) is 17.8. The summed E-state index contributed by atoms with van der Waals surface area (Å²) in [5.74, 6) is 2.87. The predicted molar refractivity (Wildman–Crippen MR) is 127 cm³/mol. The zero-order valence-corrected chi connectivity index (χ0v) is 17.8. The Morgan fingerprint density at radius 1 is 1.09 bits per heavy atom. The van der Waals surface area contributed by atoms with Gasteiger partial charge >= 0.3 is 0 Å². The summed E-state index contributed by atoms with van der Waals surface area (Å²) >= 11 is 0. The molecule has 160 valence electrons. The molecular weight excluding hydrogens is 398 g/mol. The Hall–Kier alpha value is -3.66. The normalized spacial score (nSPS) is 16.2. The first-order chi connectivity index (χ1) is 15.8. The van der Waals surface area contributed by atoms with Gasteiger partial charge in [0, 0.05) is 55.4 Å². The van der Waals surface area contributed by atoms with Gasteiger partial charge in [0.1, 0.15) is 6.04 Å². The Balaban J connectivity index is 1.42. The fraction of sp³-hybridized carbons (Fsp3) is 0.231. The molecule has 0 amide bonds. The van der Waals surface area contributed by atoms with Crippen molar-refractivity contribution in [2.75, 3.05) is 31.1 Å². The largest absolute Gasteiger partial charge is 0.396 e. The van der Waals surface area contributed by atoms with Crippen molar-refractivity contribution in [3.63, 3.8) is 0 Å². The maximum absolute atomic E-state index is 9.23. The van der Waals surface area contributed by atoms with E-state index in [0.29, 0.717) is 6.42 Å². The highest BCUT2D eigenvalue weighted by atomic mass is 16.2. The summed E-state index contributed by atoms with van der Waals surface area (Å²) < 4.78 is 1.82. The monoisotopic (exact) mass is 423 g/mol. The van der Waals surface area contributed by atoms with Crippen LogP contribution < -0.4 is 10.2 Å². The van der Waals surface area contributed by atoms with Gasteiger partial charge in [-0.05, 0) is 35.2 Å². The average molecular weight is 424 g/mol. The zero-order chi connectivity index (χ0) is 21.9. The van der Waals surface area contributed by atoms with Crippen LogP contribution in [0.4, 0.5) is 5.69 Å². The molecule has 32 heavy (non-hydrogen) atoms. The second kappa shape index (κ2) is 8.83. The Bertz CT molecular complexity index is 1270. The van der Waals surface area contributed by atoms with E-state index in [1.165, 1.54) is 0 Å². The molecule has 1 fully saturated rings. The van der Waals surface area contributed by atoms with Gasteiger partial charge in [-0.3, -0.25) is 0 Å². The minimum absolute atomic E-state index is 0.0750. The molecule has 5 rings (SSSR count). The van der Waals surface area contributed by atoms with E-state index in [1.54, 1.807) is 0 Å². The number of piperazine rings is 1. The number of hydrogen-bond donors (Lipinski definition) is 2. The first kappa shape index (κ1) is 20.3. The molecule has 2 N–H and O–H groups in total. The van der Waals surface area contributed by atoms with Crippen molar-refractivity contribution in [1.29, 1.82) is 0 Å². The van der Waals surface area contributed by atoms with Crippen molar-refractivity contribution in [3.8, 4) is 34.6 Å². The highest BCUT2D eigenvalue weighted by molar-refractivity contribution is 5.78. The molecule has 4 aromatic rings. The number of aliphatic hydroxyl groups excluding tert-OH is 1. The number of aromatic nitrogens is 3. The third-order valence-corrected chi connectivity index (χ3v) is 5.96. The number of anilines is 1. The van der Waals surface area contributed by atoms with Crippen molar-refractivity contribution >= 4 is 11.3 Å². The van der Waals surface area contributed by atoms with E-state index in [4.69, 9.17) is 11.4 Å². The van der Waals surface area contributed by atoms with Gasteiger partial charge < -0.3 is 15.3 Å². The van der Waals surface area contributed by atoms with Gasteiger partial charge in [0.05, 0.1) is 6.20 Å². The van der Waals surface area contributed by atoms with Crippen LogP contribution in [0.1, 0.15) is 5.56 Å². The highest BCUT2D eigenvalue weighted by Gasteiger charge is 2.20. The van der Waals surface area contributed by atoms with Crippen LogP contribution in [0, 0.1) is 12.3 Å². The van der Waals surface area contributed by atoms with Crippen LogP contribution in [0.5, 0.6) is 0 Å². The summed E-state index contributed by atoms with van der Waals surface area (Å²) in [6.07, 6.45) is 12.1.